The highest BCUT2D eigenvalue weighted by Crippen LogP contribution is 2.31. The zero-order valence-electron chi connectivity index (χ0n) is 14.0. The molecule has 4 rings (SSSR count). The molecule has 0 saturated carbocycles. The first kappa shape index (κ1) is 16.3. The van der Waals surface area contributed by atoms with Crippen LogP contribution in [-0.2, 0) is 11.2 Å². The van der Waals surface area contributed by atoms with Crippen molar-refractivity contribution in [1.82, 2.24) is 14.9 Å². The molecule has 25 heavy (non-hydrogen) atoms. The summed E-state index contributed by atoms with van der Waals surface area (Å²) in [6, 6.07) is 7.64. The molecule has 1 aliphatic rings. The number of pyridine rings is 1. The molecular weight excluding hydrogens is 332 g/mol. The lowest BCUT2D eigenvalue weighted by atomic mass is 9.90. The highest BCUT2D eigenvalue weighted by atomic mass is 32.1. The molecule has 0 aliphatic carbocycles. The van der Waals surface area contributed by atoms with E-state index in [9.17, 15) is 4.79 Å². The molecule has 4 heterocycles. The van der Waals surface area contributed by atoms with Crippen LogP contribution in [0.2, 0.25) is 0 Å². The second-order valence-electron chi connectivity index (χ2n) is 6.66. The van der Waals surface area contributed by atoms with Crippen molar-refractivity contribution in [2.24, 2.45) is 5.73 Å². The summed E-state index contributed by atoms with van der Waals surface area (Å²) in [5.41, 5.74) is 8.36. The number of piperidine rings is 1. The van der Waals surface area contributed by atoms with E-state index < -0.39 is 6.04 Å². The van der Waals surface area contributed by atoms with Crippen LogP contribution in [0.3, 0.4) is 0 Å². The number of carbonyl (C=O) groups is 1. The van der Waals surface area contributed by atoms with Gasteiger partial charge in [-0.3, -0.25) is 4.79 Å². The van der Waals surface area contributed by atoms with E-state index in [0.717, 1.165) is 41.8 Å². The molecule has 3 aromatic heterocycles. The van der Waals surface area contributed by atoms with Crippen LogP contribution < -0.4 is 5.73 Å². The maximum atomic E-state index is 12.8. The van der Waals surface area contributed by atoms with Gasteiger partial charge < -0.3 is 15.6 Å². The van der Waals surface area contributed by atoms with Gasteiger partial charge >= 0.3 is 0 Å². The summed E-state index contributed by atoms with van der Waals surface area (Å²) < 4.78 is 0. The Morgan fingerprint density at radius 2 is 2.36 bits per heavy atom. The standard InChI is InChI=1S/C19H22N4OS/c20-17(10-14-5-3-9-25-14)19(24)23-8-2-4-13(12-23)16-11-22-18-15(16)6-1-7-21-18/h1,3,5-7,9,11,13,17H,2,4,8,10,12,20H2,(H,21,22). The predicted octanol–water partition coefficient (Wildman–Crippen LogP) is 2.90. The van der Waals surface area contributed by atoms with Crippen molar-refractivity contribution in [2.45, 2.75) is 31.2 Å². The van der Waals surface area contributed by atoms with Crippen LogP contribution in [0.25, 0.3) is 11.0 Å². The van der Waals surface area contributed by atoms with Crippen LogP contribution >= 0.6 is 11.3 Å². The molecule has 130 valence electrons. The molecule has 5 nitrogen and oxygen atoms in total. The first-order valence-corrected chi connectivity index (χ1v) is 9.59. The highest BCUT2D eigenvalue weighted by molar-refractivity contribution is 7.09. The van der Waals surface area contributed by atoms with Gasteiger partial charge in [0.25, 0.3) is 0 Å². The van der Waals surface area contributed by atoms with Crippen molar-refractivity contribution in [3.05, 3.63) is 52.5 Å². The van der Waals surface area contributed by atoms with E-state index in [2.05, 4.69) is 16.0 Å². The second kappa shape index (κ2) is 6.98. The molecule has 1 saturated heterocycles. The third kappa shape index (κ3) is 3.32. The minimum absolute atomic E-state index is 0.0658. The van der Waals surface area contributed by atoms with Gasteiger partial charge in [-0.1, -0.05) is 6.07 Å². The predicted molar refractivity (Wildman–Crippen MR) is 101 cm³/mol. The Balaban J connectivity index is 1.48. The third-order valence-electron chi connectivity index (χ3n) is 4.97. The minimum Gasteiger partial charge on any atom is -0.346 e. The molecule has 1 amide bonds. The Morgan fingerprint density at radius 1 is 1.44 bits per heavy atom. The lowest BCUT2D eigenvalue weighted by Gasteiger charge is -2.34. The van der Waals surface area contributed by atoms with E-state index in [-0.39, 0.29) is 5.91 Å². The number of aromatic nitrogens is 2. The molecule has 0 radical (unpaired) electrons. The summed E-state index contributed by atoms with van der Waals surface area (Å²) in [4.78, 5) is 23.5. The Hall–Kier alpha value is -2.18. The topological polar surface area (TPSA) is 75.0 Å². The number of fused-ring (bicyclic) bond motifs is 1. The molecule has 0 spiro atoms. The first-order valence-electron chi connectivity index (χ1n) is 8.71. The number of hydrogen-bond donors (Lipinski definition) is 2. The molecule has 0 aromatic carbocycles. The first-order chi connectivity index (χ1) is 12.2. The van der Waals surface area contributed by atoms with Crippen LogP contribution in [0.5, 0.6) is 0 Å². The Bertz CT molecular complexity index is 857. The third-order valence-corrected chi connectivity index (χ3v) is 5.87. The average Bonchev–Trinajstić information content (AvgIpc) is 3.30. The SMILES string of the molecule is NC(Cc1cccs1)C(=O)N1CCCC(c2c[nH]c3ncccc23)C1. The molecule has 3 aromatic rings. The molecular formula is C19H22N4OS. The second-order valence-corrected chi connectivity index (χ2v) is 7.69. The average molecular weight is 354 g/mol. The molecule has 0 bridgehead atoms. The highest BCUT2D eigenvalue weighted by Gasteiger charge is 2.29. The van der Waals surface area contributed by atoms with E-state index in [1.807, 2.05) is 34.7 Å². The van der Waals surface area contributed by atoms with Crippen molar-refractivity contribution in [3.63, 3.8) is 0 Å². The van der Waals surface area contributed by atoms with E-state index in [0.29, 0.717) is 12.3 Å². The number of aromatic amines is 1. The summed E-state index contributed by atoms with van der Waals surface area (Å²) in [5, 5.41) is 3.18. The van der Waals surface area contributed by atoms with Gasteiger partial charge in [-0.25, -0.2) is 4.98 Å². The number of carbonyl (C=O) groups excluding carboxylic acids is 1. The molecule has 6 heteroatoms. The minimum atomic E-state index is -0.456. The number of rotatable bonds is 4. The fourth-order valence-electron chi connectivity index (χ4n) is 3.71. The Kier molecular flexibility index (Phi) is 4.55. The molecule has 1 fully saturated rings. The number of amides is 1. The van der Waals surface area contributed by atoms with Gasteiger partial charge in [-0.05, 0) is 42.0 Å². The van der Waals surface area contributed by atoms with Crippen LogP contribution in [0.4, 0.5) is 0 Å². The number of H-pyrrole nitrogens is 1. The quantitative estimate of drug-likeness (QED) is 0.756. The number of hydrogen-bond acceptors (Lipinski definition) is 4. The summed E-state index contributed by atoms with van der Waals surface area (Å²) in [7, 11) is 0. The van der Waals surface area contributed by atoms with Gasteiger partial charge in [0.1, 0.15) is 5.65 Å². The number of likely N-dealkylation sites (tertiary alicyclic amines) is 1. The van der Waals surface area contributed by atoms with E-state index in [4.69, 9.17) is 5.73 Å². The molecule has 2 atom stereocenters. The monoisotopic (exact) mass is 354 g/mol. The normalized spacial score (nSPS) is 19.2. The fourth-order valence-corrected chi connectivity index (χ4v) is 4.48. The Labute approximate surface area is 150 Å². The fraction of sp³-hybridized carbons (Fsp3) is 0.368. The van der Waals surface area contributed by atoms with Gasteiger partial charge in [0.05, 0.1) is 6.04 Å². The maximum Gasteiger partial charge on any atom is 0.239 e. The van der Waals surface area contributed by atoms with Crippen molar-refractivity contribution in [3.8, 4) is 0 Å². The van der Waals surface area contributed by atoms with E-state index in [1.54, 1.807) is 17.5 Å². The summed E-state index contributed by atoms with van der Waals surface area (Å²) in [6.45, 7) is 1.53. The van der Waals surface area contributed by atoms with E-state index >= 15 is 0 Å². The maximum absolute atomic E-state index is 12.8. The van der Waals surface area contributed by atoms with E-state index in [1.165, 1.54) is 5.56 Å². The molecule has 3 N–H and O–H groups in total. The number of nitrogens with two attached hydrogens (primary N) is 1. The van der Waals surface area contributed by atoms with Crippen LogP contribution in [0, 0.1) is 0 Å². The lowest BCUT2D eigenvalue weighted by molar-refractivity contribution is -0.133. The van der Waals surface area contributed by atoms with Crippen LogP contribution in [0.15, 0.2) is 42.0 Å². The van der Waals surface area contributed by atoms with Gasteiger partial charge in [-0.15, -0.1) is 11.3 Å². The van der Waals surface area contributed by atoms with Crippen molar-refractivity contribution in [2.75, 3.05) is 13.1 Å². The van der Waals surface area contributed by atoms with Gasteiger partial charge in [-0.2, -0.15) is 0 Å². The molecule has 2 unspecified atom stereocenters. The van der Waals surface area contributed by atoms with Crippen molar-refractivity contribution < 1.29 is 4.79 Å². The van der Waals surface area contributed by atoms with Gasteiger partial charge in [0.2, 0.25) is 5.91 Å². The lowest BCUT2D eigenvalue weighted by Crippen LogP contribution is -2.48. The van der Waals surface area contributed by atoms with Gasteiger partial charge in [0.15, 0.2) is 0 Å². The largest absolute Gasteiger partial charge is 0.346 e. The number of thiophene rings is 1. The Morgan fingerprint density at radius 3 is 3.20 bits per heavy atom. The van der Waals surface area contributed by atoms with Crippen molar-refractivity contribution in [1.29, 1.82) is 0 Å². The van der Waals surface area contributed by atoms with Crippen molar-refractivity contribution >= 4 is 28.3 Å². The summed E-state index contributed by atoms with van der Waals surface area (Å²) >= 11 is 1.65. The summed E-state index contributed by atoms with van der Waals surface area (Å²) in [5.74, 6) is 0.403. The smallest absolute Gasteiger partial charge is 0.239 e. The summed E-state index contributed by atoms with van der Waals surface area (Å²) in [6.07, 6.45) is 6.56. The van der Waals surface area contributed by atoms with Gasteiger partial charge in [0, 0.05) is 48.1 Å². The zero-order valence-corrected chi connectivity index (χ0v) is 14.8. The zero-order chi connectivity index (χ0) is 17.2. The van der Waals surface area contributed by atoms with Crippen LogP contribution in [-0.4, -0.2) is 39.9 Å². The number of nitrogens with zero attached hydrogens (tertiary/aromatic N) is 2. The number of nitrogens with one attached hydrogen (secondary N) is 1. The van der Waals surface area contributed by atoms with Crippen LogP contribution in [0.1, 0.15) is 29.2 Å². The molecule has 1 aliphatic heterocycles.